The van der Waals surface area contributed by atoms with Gasteiger partial charge in [0.2, 0.25) is 0 Å². The van der Waals surface area contributed by atoms with Crippen LogP contribution < -0.4 is 0 Å². The van der Waals surface area contributed by atoms with Crippen molar-refractivity contribution >= 4 is 28.9 Å². The maximum Gasteiger partial charge on any atom is 0.303 e. The summed E-state index contributed by atoms with van der Waals surface area (Å²) < 4.78 is 20.2. The quantitative estimate of drug-likeness (QED) is 0.353. The lowest BCUT2D eigenvalue weighted by atomic mass is 10.2. The first-order valence-electron chi connectivity index (χ1n) is 8.42. The minimum atomic E-state index is -0.317. The lowest BCUT2D eigenvalue weighted by Gasteiger charge is -2.10. The van der Waals surface area contributed by atoms with E-state index in [0.29, 0.717) is 11.6 Å². The Morgan fingerprint density at radius 2 is 2.08 bits per heavy atom. The van der Waals surface area contributed by atoms with Gasteiger partial charge in [0.1, 0.15) is 22.3 Å². The third-order valence-electron chi connectivity index (χ3n) is 3.89. The van der Waals surface area contributed by atoms with E-state index in [-0.39, 0.29) is 17.7 Å². The summed E-state index contributed by atoms with van der Waals surface area (Å²) in [5.74, 6) is -0.343. The molecule has 3 rings (SSSR count). The number of aryl methyl sites for hydroxylation is 1. The van der Waals surface area contributed by atoms with Gasteiger partial charge in [-0.25, -0.2) is 14.4 Å². The molecule has 0 amide bonds. The minimum Gasteiger partial charge on any atom is -0.454 e. The van der Waals surface area contributed by atoms with Crippen LogP contribution in [0.3, 0.4) is 0 Å². The molecule has 0 saturated heterocycles. The molecule has 0 fully saturated rings. The molecule has 0 radical (unpaired) electrons. The molecule has 0 saturated carbocycles. The number of benzene rings is 1. The number of hydrogen-bond donors (Lipinski definition) is 0. The van der Waals surface area contributed by atoms with Gasteiger partial charge in [0.25, 0.3) is 0 Å². The fraction of sp³-hybridized carbons (Fsp3) is 0.316. The third-order valence-corrected chi connectivity index (χ3v) is 4.62. The van der Waals surface area contributed by atoms with Gasteiger partial charge < -0.3 is 9.30 Å². The van der Waals surface area contributed by atoms with Gasteiger partial charge in [-0.1, -0.05) is 37.2 Å². The number of hydrogen-bond acceptors (Lipinski definition) is 5. The molecule has 2 heterocycles. The van der Waals surface area contributed by atoms with E-state index in [9.17, 15) is 9.18 Å². The van der Waals surface area contributed by atoms with Gasteiger partial charge in [0.15, 0.2) is 5.65 Å². The number of rotatable bonds is 7. The molecule has 0 bridgehead atoms. The molecule has 0 unspecified atom stereocenters. The zero-order valence-corrected chi connectivity index (χ0v) is 15.6. The van der Waals surface area contributed by atoms with Gasteiger partial charge in [-0.3, -0.25) is 4.79 Å². The highest BCUT2D eigenvalue weighted by atomic mass is 32.2. The van der Waals surface area contributed by atoms with Crippen molar-refractivity contribution in [3.63, 3.8) is 0 Å². The summed E-state index contributed by atoms with van der Waals surface area (Å²) in [5.41, 5.74) is 3.77. The fourth-order valence-corrected chi connectivity index (χ4v) is 3.35. The predicted octanol–water partition coefficient (Wildman–Crippen LogP) is 4.18. The molecule has 0 N–H and O–H groups in total. The zero-order chi connectivity index (χ0) is 18.5. The molecule has 0 aliphatic carbocycles. The van der Waals surface area contributed by atoms with Crippen LogP contribution in [0.1, 0.15) is 31.5 Å². The van der Waals surface area contributed by atoms with E-state index in [4.69, 9.17) is 4.74 Å². The first kappa shape index (κ1) is 18.4. The maximum absolute atomic E-state index is 13.2. The van der Waals surface area contributed by atoms with E-state index >= 15 is 0 Å². The Labute approximate surface area is 155 Å². The molecular formula is C19H20FN3O2S. The standard InChI is InChI=1S/C19H20FN3O2S/c1-3-4-16-9-17-19(21-10-18(22-17)26-12-25-13(2)24)23(16)11-14-5-7-15(20)8-6-14/h5-10H,3-4,11-12H2,1-2H3. The van der Waals surface area contributed by atoms with Crippen molar-refractivity contribution in [2.45, 2.75) is 38.3 Å². The number of halogens is 1. The normalized spacial score (nSPS) is 11.0. The first-order valence-corrected chi connectivity index (χ1v) is 9.41. The number of aromatic nitrogens is 3. The van der Waals surface area contributed by atoms with Crippen LogP contribution in [0.25, 0.3) is 11.2 Å². The second kappa shape index (κ2) is 8.31. The van der Waals surface area contributed by atoms with Gasteiger partial charge in [-0.15, -0.1) is 0 Å². The third kappa shape index (κ3) is 4.40. The first-order chi connectivity index (χ1) is 12.6. The molecule has 7 heteroatoms. The number of carbonyl (C=O) groups is 1. The highest BCUT2D eigenvalue weighted by Crippen LogP contribution is 2.23. The lowest BCUT2D eigenvalue weighted by molar-refractivity contribution is -0.138. The van der Waals surface area contributed by atoms with Crippen molar-refractivity contribution in [2.24, 2.45) is 0 Å². The molecule has 0 aliphatic rings. The van der Waals surface area contributed by atoms with E-state index in [1.165, 1.54) is 30.8 Å². The smallest absolute Gasteiger partial charge is 0.303 e. The van der Waals surface area contributed by atoms with Crippen molar-refractivity contribution in [3.8, 4) is 0 Å². The van der Waals surface area contributed by atoms with Crippen LogP contribution in [0.4, 0.5) is 4.39 Å². The zero-order valence-electron chi connectivity index (χ0n) is 14.7. The summed E-state index contributed by atoms with van der Waals surface area (Å²) in [6, 6.07) is 8.55. The molecule has 2 aromatic heterocycles. The Morgan fingerprint density at radius 3 is 2.77 bits per heavy atom. The van der Waals surface area contributed by atoms with Gasteiger partial charge in [0, 0.05) is 19.2 Å². The van der Waals surface area contributed by atoms with Gasteiger partial charge in [-0.05, 0) is 30.2 Å². The highest BCUT2D eigenvalue weighted by molar-refractivity contribution is 7.99. The molecule has 0 spiro atoms. The van der Waals surface area contributed by atoms with Gasteiger partial charge >= 0.3 is 5.97 Å². The predicted molar refractivity (Wildman–Crippen MR) is 99.5 cm³/mol. The average molecular weight is 373 g/mol. The Kier molecular flexibility index (Phi) is 5.88. The van der Waals surface area contributed by atoms with Crippen LogP contribution in [-0.2, 0) is 22.5 Å². The van der Waals surface area contributed by atoms with E-state index in [1.807, 2.05) is 6.07 Å². The van der Waals surface area contributed by atoms with Gasteiger partial charge in [-0.2, -0.15) is 0 Å². The number of nitrogens with zero attached hydrogens (tertiary/aromatic N) is 3. The van der Waals surface area contributed by atoms with Crippen LogP contribution in [0.5, 0.6) is 0 Å². The monoisotopic (exact) mass is 373 g/mol. The number of thioether (sulfide) groups is 1. The van der Waals surface area contributed by atoms with Crippen LogP contribution in [-0.4, -0.2) is 26.4 Å². The largest absolute Gasteiger partial charge is 0.454 e. The molecule has 5 nitrogen and oxygen atoms in total. The second-order valence-electron chi connectivity index (χ2n) is 5.91. The molecule has 26 heavy (non-hydrogen) atoms. The Morgan fingerprint density at radius 1 is 1.31 bits per heavy atom. The highest BCUT2D eigenvalue weighted by Gasteiger charge is 2.12. The number of carbonyl (C=O) groups excluding carboxylic acids is 1. The summed E-state index contributed by atoms with van der Waals surface area (Å²) in [4.78, 5) is 20.0. The number of ether oxygens (including phenoxy) is 1. The van der Waals surface area contributed by atoms with E-state index in [0.717, 1.165) is 35.3 Å². The molecule has 136 valence electrons. The number of fused-ring (bicyclic) bond motifs is 1. The topological polar surface area (TPSA) is 57.0 Å². The van der Waals surface area contributed by atoms with Crippen molar-refractivity contribution < 1.29 is 13.9 Å². The SMILES string of the molecule is CCCc1cc2nc(SCOC(C)=O)cnc2n1Cc1ccc(F)cc1. The van der Waals surface area contributed by atoms with E-state index < -0.39 is 0 Å². The van der Waals surface area contributed by atoms with Crippen LogP contribution in [0.15, 0.2) is 41.6 Å². The summed E-state index contributed by atoms with van der Waals surface area (Å²) >= 11 is 1.33. The van der Waals surface area contributed by atoms with Crippen LogP contribution in [0.2, 0.25) is 0 Å². The summed E-state index contributed by atoms with van der Waals surface area (Å²) in [6.07, 6.45) is 3.61. The summed E-state index contributed by atoms with van der Waals surface area (Å²) in [6.45, 7) is 4.12. The Balaban J connectivity index is 1.89. The fourth-order valence-electron chi connectivity index (χ4n) is 2.71. The Hall–Kier alpha value is -2.41. The molecule has 3 aromatic rings. The number of esters is 1. The van der Waals surface area contributed by atoms with Crippen molar-refractivity contribution in [2.75, 3.05) is 5.94 Å². The minimum absolute atomic E-state index is 0.216. The van der Waals surface area contributed by atoms with Gasteiger partial charge in [0.05, 0.1) is 6.20 Å². The summed E-state index contributed by atoms with van der Waals surface area (Å²) in [7, 11) is 0. The Bertz CT molecular complexity index is 909. The van der Waals surface area contributed by atoms with Crippen molar-refractivity contribution in [1.29, 1.82) is 0 Å². The molecular weight excluding hydrogens is 353 g/mol. The molecule has 0 atom stereocenters. The second-order valence-corrected chi connectivity index (χ2v) is 6.86. The van der Waals surface area contributed by atoms with Crippen LogP contribution >= 0.6 is 11.8 Å². The van der Waals surface area contributed by atoms with E-state index in [2.05, 4.69) is 21.5 Å². The molecule has 0 aliphatic heterocycles. The maximum atomic E-state index is 13.2. The van der Waals surface area contributed by atoms with Crippen LogP contribution in [0, 0.1) is 5.82 Å². The van der Waals surface area contributed by atoms with E-state index in [1.54, 1.807) is 18.3 Å². The average Bonchev–Trinajstić information content (AvgIpc) is 2.94. The van der Waals surface area contributed by atoms with Crippen molar-refractivity contribution in [1.82, 2.24) is 14.5 Å². The molecule has 1 aromatic carbocycles. The van der Waals surface area contributed by atoms with Crippen molar-refractivity contribution in [3.05, 3.63) is 53.6 Å². The lowest BCUT2D eigenvalue weighted by Crippen LogP contribution is -2.05. The summed E-state index contributed by atoms with van der Waals surface area (Å²) in [5, 5.41) is 0.709.